The largest absolute Gasteiger partial charge is 0.278 e. The maximum absolute atomic E-state index is 12.2. The van der Waals surface area contributed by atoms with Gasteiger partial charge in [-0.25, -0.2) is 13.4 Å². The summed E-state index contributed by atoms with van der Waals surface area (Å²) < 4.78 is 26.7. The number of sulfonamides is 1. The molecule has 0 atom stereocenters. The number of benzene rings is 1. The zero-order chi connectivity index (χ0) is 14.9. The van der Waals surface area contributed by atoms with Crippen LogP contribution < -0.4 is 4.72 Å². The molecule has 0 aliphatic carbocycles. The lowest BCUT2D eigenvalue weighted by molar-refractivity contribution is 0.601. The average Bonchev–Trinajstić information content (AvgIpc) is 2.38. The van der Waals surface area contributed by atoms with Crippen molar-refractivity contribution in [1.82, 2.24) is 4.98 Å². The van der Waals surface area contributed by atoms with E-state index in [4.69, 9.17) is 46.4 Å². The van der Waals surface area contributed by atoms with Crippen molar-refractivity contribution in [3.8, 4) is 0 Å². The van der Waals surface area contributed by atoms with Crippen molar-refractivity contribution in [2.24, 2.45) is 0 Å². The maximum Gasteiger partial charge on any atom is 0.263 e. The van der Waals surface area contributed by atoms with Crippen LogP contribution in [-0.4, -0.2) is 13.4 Å². The summed E-state index contributed by atoms with van der Waals surface area (Å²) in [5, 5.41) is 0.392. The molecule has 0 unspecified atom stereocenters. The molecule has 0 aliphatic rings. The lowest BCUT2D eigenvalue weighted by atomic mass is 10.3. The van der Waals surface area contributed by atoms with E-state index in [1.165, 1.54) is 12.1 Å². The third-order valence-corrected chi connectivity index (χ3v) is 5.11. The molecule has 1 aromatic carbocycles. The molecule has 9 heteroatoms. The van der Waals surface area contributed by atoms with Crippen molar-refractivity contribution in [1.29, 1.82) is 0 Å². The summed E-state index contributed by atoms with van der Waals surface area (Å²) in [7, 11) is -3.89. The Hall–Kier alpha value is -0.720. The Morgan fingerprint density at radius 2 is 1.75 bits per heavy atom. The number of anilines is 1. The van der Waals surface area contributed by atoms with Crippen LogP contribution in [0.2, 0.25) is 20.2 Å². The molecule has 0 spiro atoms. The second-order valence-corrected chi connectivity index (χ2v) is 6.88. The van der Waals surface area contributed by atoms with Crippen molar-refractivity contribution in [2.75, 3.05) is 4.72 Å². The standard InChI is InChI=1S/C11H6Cl4N2O2S/c12-7-2-1-3-9(10(7)14)17-20(18,19)6-4-8(13)11(15)16-5-6/h1-5,17H. The Morgan fingerprint density at radius 3 is 2.40 bits per heavy atom. The molecule has 106 valence electrons. The Morgan fingerprint density at radius 1 is 1.05 bits per heavy atom. The molecule has 0 bridgehead atoms. The number of aromatic nitrogens is 1. The molecule has 0 saturated heterocycles. The van der Waals surface area contributed by atoms with Gasteiger partial charge in [0.15, 0.2) is 0 Å². The lowest BCUT2D eigenvalue weighted by Gasteiger charge is -2.10. The molecule has 0 radical (unpaired) electrons. The van der Waals surface area contributed by atoms with Gasteiger partial charge in [0.1, 0.15) is 10.0 Å². The second-order valence-electron chi connectivity index (χ2n) is 3.65. The molecule has 1 N–H and O–H groups in total. The molecule has 1 aromatic heterocycles. The van der Waals surface area contributed by atoms with Gasteiger partial charge in [-0.05, 0) is 18.2 Å². The van der Waals surface area contributed by atoms with Gasteiger partial charge >= 0.3 is 0 Å². The normalized spacial score (nSPS) is 11.4. The first-order valence-corrected chi connectivity index (χ1v) is 8.08. The van der Waals surface area contributed by atoms with E-state index in [1.807, 2.05) is 0 Å². The van der Waals surface area contributed by atoms with E-state index in [0.717, 1.165) is 6.20 Å². The average molecular weight is 372 g/mol. The van der Waals surface area contributed by atoms with Crippen molar-refractivity contribution in [3.63, 3.8) is 0 Å². The number of nitrogens with one attached hydrogen (secondary N) is 1. The lowest BCUT2D eigenvalue weighted by Crippen LogP contribution is -2.13. The molecule has 0 amide bonds. The van der Waals surface area contributed by atoms with E-state index < -0.39 is 10.0 Å². The number of hydrogen-bond acceptors (Lipinski definition) is 3. The zero-order valence-electron chi connectivity index (χ0n) is 9.57. The van der Waals surface area contributed by atoms with E-state index in [1.54, 1.807) is 12.1 Å². The van der Waals surface area contributed by atoms with Gasteiger partial charge in [-0.3, -0.25) is 4.72 Å². The summed E-state index contributed by atoms with van der Waals surface area (Å²) in [5.74, 6) is 0. The fourth-order valence-corrected chi connectivity index (χ4v) is 3.12. The Kier molecular flexibility index (Phi) is 4.66. The summed E-state index contributed by atoms with van der Waals surface area (Å²) >= 11 is 23.1. The monoisotopic (exact) mass is 370 g/mol. The van der Waals surface area contributed by atoms with Crippen LogP contribution in [0.4, 0.5) is 5.69 Å². The van der Waals surface area contributed by atoms with Crippen LogP contribution in [0.25, 0.3) is 0 Å². The Bertz CT molecular complexity index is 765. The van der Waals surface area contributed by atoms with Gasteiger partial charge in [-0.1, -0.05) is 52.5 Å². The molecule has 0 aliphatic heterocycles. The maximum atomic E-state index is 12.2. The first-order chi connectivity index (χ1) is 9.31. The van der Waals surface area contributed by atoms with E-state index in [-0.39, 0.29) is 30.8 Å². The number of pyridine rings is 1. The highest BCUT2D eigenvalue weighted by Crippen LogP contribution is 2.31. The third kappa shape index (κ3) is 3.30. The molecule has 0 saturated carbocycles. The van der Waals surface area contributed by atoms with Crippen LogP contribution in [0.15, 0.2) is 35.4 Å². The minimum Gasteiger partial charge on any atom is -0.278 e. The molecular formula is C11H6Cl4N2O2S. The quantitative estimate of drug-likeness (QED) is 0.808. The molecule has 0 fully saturated rings. The summed E-state index contributed by atoms with van der Waals surface area (Å²) in [6.07, 6.45) is 1.09. The van der Waals surface area contributed by atoms with Gasteiger partial charge < -0.3 is 0 Å². The van der Waals surface area contributed by atoms with Crippen molar-refractivity contribution in [2.45, 2.75) is 4.90 Å². The van der Waals surface area contributed by atoms with Crippen LogP contribution in [0.5, 0.6) is 0 Å². The summed E-state index contributed by atoms with van der Waals surface area (Å²) in [6, 6.07) is 5.79. The highest BCUT2D eigenvalue weighted by Gasteiger charge is 2.18. The first kappa shape index (κ1) is 15.7. The molecule has 1 heterocycles. The van der Waals surface area contributed by atoms with E-state index in [2.05, 4.69) is 9.71 Å². The van der Waals surface area contributed by atoms with Crippen LogP contribution in [0.3, 0.4) is 0 Å². The SMILES string of the molecule is O=S(=O)(Nc1cccc(Cl)c1Cl)c1cnc(Cl)c(Cl)c1. The van der Waals surface area contributed by atoms with Crippen molar-refractivity contribution < 1.29 is 8.42 Å². The molecule has 20 heavy (non-hydrogen) atoms. The number of nitrogens with zero attached hydrogens (tertiary/aromatic N) is 1. The van der Waals surface area contributed by atoms with E-state index in [9.17, 15) is 8.42 Å². The van der Waals surface area contributed by atoms with Crippen LogP contribution in [0.1, 0.15) is 0 Å². The fourth-order valence-electron chi connectivity index (χ4n) is 1.34. The second kappa shape index (κ2) is 5.95. The van der Waals surface area contributed by atoms with Gasteiger partial charge in [0.2, 0.25) is 0 Å². The highest BCUT2D eigenvalue weighted by molar-refractivity contribution is 7.92. The predicted octanol–water partition coefficient (Wildman–Crippen LogP) is 4.50. The molecule has 2 aromatic rings. The Labute approximate surface area is 135 Å². The zero-order valence-corrected chi connectivity index (χ0v) is 13.4. The number of halogens is 4. The van der Waals surface area contributed by atoms with Gasteiger partial charge in [-0.15, -0.1) is 0 Å². The van der Waals surface area contributed by atoms with Crippen LogP contribution in [-0.2, 0) is 10.0 Å². The first-order valence-electron chi connectivity index (χ1n) is 5.09. The van der Waals surface area contributed by atoms with Gasteiger partial charge in [0.05, 0.1) is 20.8 Å². The minimum atomic E-state index is -3.89. The molecule has 4 nitrogen and oxygen atoms in total. The molecular weight excluding hydrogens is 366 g/mol. The van der Waals surface area contributed by atoms with Gasteiger partial charge in [0.25, 0.3) is 10.0 Å². The smallest absolute Gasteiger partial charge is 0.263 e. The topological polar surface area (TPSA) is 59.1 Å². The Balaban J connectivity index is 2.41. The minimum absolute atomic E-state index is 0.0198. The van der Waals surface area contributed by atoms with Gasteiger partial charge in [-0.2, -0.15) is 0 Å². The van der Waals surface area contributed by atoms with Gasteiger partial charge in [0, 0.05) is 6.20 Å². The molecule has 2 rings (SSSR count). The van der Waals surface area contributed by atoms with E-state index >= 15 is 0 Å². The predicted molar refractivity (Wildman–Crippen MR) is 81.5 cm³/mol. The summed E-state index contributed by atoms with van der Waals surface area (Å²) in [5.41, 5.74) is 0.158. The number of hydrogen-bond donors (Lipinski definition) is 1. The van der Waals surface area contributed by atoms with Crippen molar-refractivity contribution >= 4 is 62.1 Å². The summed E-state index contributed by atoms with van der Waals surface area (Å²) in [6.45, 7) is 0. The number of rotatable bonds is 3. The van der Waals surface area contributed by atoms with Crippen LogP contribution >= 0.6 is 46.4 Å². The van der Waals surface area contributed by atoms with E-state index in [0.29, 0.717) is 0 Å². The van der Waals surface area contributed by atoms with Crippen molar-refractivity contribution in [3.05, 3.63) is 50.7 Å². The fraction of sp³-hybridized carbons (Fsp3) is 0. The highest BCUT2D eigenvalue weighted by atomic mass is 35.5. The third-order valence-electron chi connectivity index (χ3n) is 2.28. The summed E-state index contributed by atoms with van der Waals surface area (Å²) in [4.78, 5) is 3.55. The van der Waals surface area contributed by atoms with Crippen LogP contribution in [0, 0.1) is 0 Å².